The van der Waals surface area contributed by atoms with E-state index >= 15 is 0 Å². The highest BCUT2D eigenvalue weighted by molar-refractivity contribution is 6.33. The number of nitrogens with two attached hydrogens (primary N) is 1. The predicted molar refractivity (Wildman–Crippen MR) is 63.3 cm³/mol. The maximum Gasteiger partial charge on any atom is 0.252 e. The number of carbonyl (C=O) groups excluding carboxylic acids is 1. The van der Waals surface area contributed by atoms with Gasteiger partial charge in [-0.3, -0.25) is 4.79 Å². The van der Waals surface area contributed by atoms with Crippen LogP contribution in [0.2, 0.25) is 5.02 Å². The normalized spacial score (nSPS) is 14.8. The summed E-state index contributed by atoms with van der Waals surface area (Å²) in [5, 5.41) is 3.15. The molecule has 4 nitrogen and oxygen atoms in total. The number of pyridine rings is 1. The Balaban J connectivity index is 1.88. The second kappa shape index (κ2) is 4.70. The van der Waals surface area contributed by atoms with Crippen LogP contribution in [0.3, 0.4) is 0 Å². The summed E-state index contributed by atoms with van der Waals surface area (Å²) in [6, 6.07) is 1.54. The van der Waals surface area contributed by atoms with Crippen molar-refractivity contribution >= 4 is 23.3 Å². The van der Waals surface area contributed by atoms with Crippen LogP contribution in [0.4, 0.5) is 5.82 Å². The summed E-state index contributed by atoms with van der Waals surface area (Å²) in [7, 11) is 0. The van der Waals surface area contributed by atoms with Crippen molar-refractivity contribution in [3.63, 3.8) is 0 Å². The van der Waals surface area contributed by atoms with Gasteiger partial charge in [-0.25, -0.2) is 4.98 Å². The molecule has 3 N–H and O–H groups in total. The Morgan fingerprint density at radius 3 is 3.00 bits per heavy atom. The van der Waals surface area contributed by atoms with E-state index < -0.39 is 0 Å². The minimum atomic E-state index is -0.143. The molecule has 1 saturated carbocycles. The van der Waals surface area contributed by atoms with Crippen LogP contribution >= 0.6 is 11.6 Å². The number of anilines is 1. The minimum Gasteiger partial charge on any atom is -0.382 e. The third-order valence-corrected chi connectivity index (χ3v) is 2.97. The van der Waals surface area contributed by atoms with Crippen molar-refractivity contribution in [2.24, 2.45) is 5.92 Å². The van der Waals surface area contributed by atoms with Crippen molar-refractivity contribution in [2.75, 3.05) is 12.3 Å². The van der Waals surface area contributed by atoms with Gasteiger partial charge < -0.3 is 11.1 Å². The number of carbonyl (C=O) groups is 1. The summed E-state index contributed by atoms with van der Waals surface area (Å²) in [6.45, 7) is 0.714. The van der Waals surface area contributed by atoms with Gasteiger partial charge in [-0.1, -0.05) is 24.4 Å². The zero-order chi connectivity index (χ0) is 11.5. The van der Waals surface area contributed by atoms with Gasteiger partial charge in [0.05, 0.1) is 10.6 Å². The van der Waals surface area contributed by atoms with Crippen LogP contribution < -0.4 is 11.1 Å². The largest absolute Gasteiger partial charge is 0.382 e. The van der Waals surface area contributed by atoms with Crippen LogP contribution in [-0.4, -0.2) is 17.4 Å². The lowest BCUT2D eigenvalue weighted by atomic mass is 10.2. The molecule has 86 valence electrons. The maximum absolute atomic E-state index is 11.7. The van der Waals surface area contributed by atoms with Gasteiger partial charge >= 0.3 is 0 Å². The molecule has 1 aliphatic rings. The quantitative estimate of drug-likeness (QED) is 0.843. The van der Waals surface area contributed by atoms with Crippen molar-refractivity contribution < 1.29 is 4.79 Å². The zero-order valence-corrected chi connectivity index (χ0v) is 9.63. The van der Waals surface area contributed by atoms with Gasteiger partial charge in [0.1, 0.15) is 5.82 Å². The molecule has 1 fully saturated rings. The Kier molecular flexibility index (Phi) is 3.29. The Morgan fingerprint density at radius 1 is 1.62 bits per heavy atom. The first-order valence-electron chi connectivity index (χ1n) is 5.36. The van der Waals surface area contributed by atoms with E-state index in [9.17, 15) is 4.79 Å². The molecule has 0 bridgehead atoms. The number of hydrogen-bond acceptors (Lipinski definition) is 3. The summed E-state index contributed by atoms with van der Waals surface area (Å²) in [6.07, 6.45) is 5.09. The summed E-state index contributed by atoms with van der Waals surface area (Å²) < 4.78 is 0. The predicted octanol–water partition coefficient (Wildman–Crippen LogP) is 1.85. The van der Waals surface area contributed by atoms with E-state index in [0.717, 1.165) is 12.3 Å². The minimum absolute atomic E-state index is 0.143. The zero-order valence-electron chi connectivity index (χ0n) is 8.87. The molecule has 1 aromatic heterocycles. The average molecular weight is 240 g/mol. The molecule has 0 unspecified atom stereocenters. The van der Waals surface area contributed by atoms with Crippen LogP contribution in [0.15, 0.2) is 12.3 Å². The van der Waals surface area contributed by atoms with E-state index in [1.165, 1.54) is 25.1 Å². The number of nitrogen functional groups attached to an aromatic ring is 1. The average Bonchev–Trinajstić information content (AvgIpc) is 3.06. The van der Waals surface area contributed by atoms with Crippen LogP contribution in [0.25, 0.3) is 0 Å². The second-order valence-electron chi connectivity index (χ2n) is 4.08. The van der Waals surface area contributed by atoms with Gasteiger partial charge in [0, 0.05) is 12.7 Å². The third-order valence-electron chi connectivity index (χ3n) is 2.67. The Labute approximate surface area is 99.2 Å². The van der Waals surface area contributed by atoms with Crippen molar-refractivity contribution in [3.8, 4) is 0 Å². The molecule has 1 heterocycles. The summed E-state index contributed by atoms with van der Waals surface area (Å²) in [5.74, 6) is 0.916. The highest BCUT2D eigenvalue weighted by atomic mass is 35.5. The number of hydrogen-bond donors (Lipinski definition) is 2. The first-order chi connectivity index (χ1) is 7.66. The van der Waals surface area contributed by atoms with Gasteiger partial charge in [0.2, 0.25) is 0 Å². The highest BCUT2D eigenvalue weighted by Gasteiger charge is 2.20. The topological polar surface area (TPSA) is 68.0 Å². The van der Waals surface area contributed by atoms with Gasteiger partial charge in [-0.15, -0.1) is 0 Å². The first kappa shape index (κ1) is 11.2. The van der Waals surface area contributed by atoms with Crippen molar-refractivity contribution in [3.05, 3.63) is 22.8 Å². The summed E-state index contributed by atoms with van der Waals surface area (Å²) in [4.78, 5) is 15.5. The molecule has 2 rings (SSSR count). The van der Waals surface area contributed by atoms with Gasteiger partial charge in [0.25, 0.3) is 5.91 Å². The highest BCUT2D eigenvalue weighted by Crippen LogP contribution is 2.31. The number of aromatic nitrogens is 1. The maximum atomic E-state index is 11.7. The SMILES string of the molecule is Nc1ncc(C(=O)NCCC2CC2)cc1Cl. The molecule has 1 aliphatic carbocycles. The van der Waals surface area contributed by atoms with Crippen molar-refractivity contribution in [2.45, 2.75) is 19.3 Å². The molecule has 0 spiro atoms. The van der Waals surface area contributed by atoms with Crippen LogP contribution in [-0.2, 0) is 0 Å². The molecule has 0 atom stereocenters. The lowest BCUT2D eigenvalue weighted by Gasteiger charge is -2.05. The lowest BCUT2D eigenvalue weighted by molar-refractivity contribution is 0.0952. The second-order valence-corrected chi connectivity index (χ2v) is 4.49. The molecule has 1 aromatic rings. The molecule has 0 saturated heterocycles. The fourth-order valence-corrected chi connectivity index (χ4v) is 1.64. The molecular formula is C11H14ClN3O. The smallest absolute Gasteiger partial charge is 0.252 e. The van der Waals surface area contributed by atoms with Crippen molar-refractivity contribution in [1.29, 1.82) is 0 Å². The lowest BCUT2D eigenvalue weighted by Crippen LogP contribution is -2.24. The molecule has 16 heavy (non-hydrogen) atoms. The van der Waals surface area contributed by atoms with Crippen LogP contribution in [0.1, 0.15) is 29.6 Å². The molecule has 5 heteroatoms. The first-order valence-corrected chi connectivity index (χ1v) is 5.74. The van der Waals surface area contributed by atoms with Gasteiger partial charge in [-0.2, -0.15) is 0 Å². The van der Waals surface area contributed by atoms with E-state index in [1.807, 2.05) is 0 Å². The molecule has 0 aliphatic heterocycles. The van der Waals surface area contributed by atoms with Gasteiger partial charge in [0.15, 0.2) is 0 Å². The van der Waals surface area contributed by atoms with E-state index in [1.54, 1.807) is 0 Å². The fraction of sp³-hybridized carbons (Fsp3) is 0.455. The van der Waals surface area contributed by atoms with Gasteiger partial charge in [-0.05, 0) is 18.4 Å². The summed E-state index contributed by atoms with van der Waals surface area (Å²) in [5.41, 5.74) is 5.92. The number of halogens is 1. The monoisotopic (exact) mass is 239 g/mol. The molecule has 1 amide bonds. The third kappa shape index (κ3) is 2.85. The Bertz CT molecular complexity index is 404. The number of amides is 1. The summed E-state index contributed by atoms with van der Waals surface area (Å²) >= 11 is 5.78. The van der Waals surface area contributed by atoms with E-state index in [0.29, 0.717) is 17.1 Å². The van der Waals surface area contributed by atoms with E-state index in [-0.39, 0.29) is 11.7 Å². The van der Waals surface area contributed by atoms with Crippen LogP contribution in [0.5, 0.6) is 0 Å². The molecule has 0 radical (unpaired) electrons. The standard InChI is InChI=1S/C11H14ClN3O/c12-9-5-8(6-15-10(9)13)11(16)14-4-3-7-1-2-7/h5-7H,1-4H2,(H2,13,15)(H,14,16). The van der Waals surface area contributed by atoms with E-state index in [2.05, 4.69) is 10.3 Å². The Morgan fingerprint density at radius 2 is 2.38 bits per heavy atom. The van der Waals surface area contributed by atoms with Crippen LogP contribution in [0, 0.1) is 5.92 Å². The fourth-order valence-electron chi connectivity index (χ4n) is 1.47. The number of nitrogens with zero attached hydrogens (tertiary/aromatic N) is 1. The molecule has 0 aromatic carbocycles. The number of nitrogens with one attached hydrogen (secondary N) is 1. The number of rotatable bonds is 4. The Hall–Kier alpha value is -1.29. The van der Waals surface area contributed by atoms with E-state index in [4.69, 9.17) is 17.3 Å². The molecular weight excluding hydrogens is 226 g/mol. The van der Waals surface area contributed by atoms with Crippen molar-refractivity contribution in [1.82, 2.24) is 10.3 Å².